The summed E-state index contributed by atoms with van der Waals surface area (Å²) in [4.78, 5) is 4.14. The Morgan fingerprint density at radius 3 is 2.41 bits per heavy atom. The summed E-state index contributed by atoms with van der Waals surface area (Å²) in [5, 5.41) is 6.40. The number of guanidine groups is 1. The number of sulfonamides is 1. The average Bonchev–Trinajstić information content (AvgIpc) is 2.53. The van der Waals surface area contributed by atoms with E-state index >= 15 is 0 Å². The van der Waals surface area contributed by atoms with Gasteiger partial charge in [0.1, 0.15) is 0 Å². The molecule has 124 valence electrons. The van der Waals surface area contributed by atoms with E-state index < -0.39 is 10.0 Å². The molecular weight excluding hydrogens is 300 g/mol. The highest BCUT2D eigenvalue weighted by atomic mass is 32.2. The molecule has 0 radical (unpaired) electrons. The minimum Gasteiger partial charge on any atom is -0.356 e. The van der Waals surface area contributed by atoms with Crippen LogP contribution in [-0.4, -0.2) is 46.8 Å². The molecule has 0 amide bonds. The highest BCUT2D eigenvalue weighted by Crippen LogP contribution is 1.97. The summed E-state index contributed by atoms with van der Waals surface area (Å²) in [6, 6.07) is 10.2. The first kappa shape index (κ1) is 18.4. The number of benzene rings is 1. The van der Waals surface area contributed by atoms with E-state index in [-0.39, 0.29) is 5.75 Å². The maximum atomic E-state index is 11.3. The fraction of sp³-hybridized carbons (Fsp3) is 0.533. The molecule has 0 spiro atoms. The Balaban J connectivity index is 2.15. The molecule has 3 N–H and O–H groups in total. The number of nitrogens with zero attached hydrogens (tertiary/aromatic N) is 1. The fourth-order valence-corrected chi connectivity index (χ4v) is 2.47. The molecule has 6 nitrogen and oxygen atoms in total. The molecular formula is C15H26N4O2S. The molecule has 0 aliphatic heterocycles. The highest BCUT2D eigenvalue weighted by Gasteiger charge is 2.04. The number of nitrogens with one attached hydrogen (secondary N) is 3. The van der Waals surface area contributed by atoms with Crippen LogP contribution < -0.4 is 15.4 Å². The van der Waals surface area contributed by atoms with Crippen molar-refractivity contribution in [2.45, 2.75) is 19.8 Å². The van der Waals surface area contributed by atoms with E-state index in [0.29, 0.717) is 19.5 Å². The van der Waals surface area contributed by atoms with E-state index in [0.717, 1.165) is 18.9 Å². The lowest BCUT2D eigenvalue weighted by Crippen LogP contribution is -2.39. The summed E-state index contributed by atoms with van der Waals surface area (Å²) in [6.07, 6.45) is 1.64. The summed E-state index contributed by atoms with van der Waals surface area (Å²) in [5.74, 6) is 0.845. The van der Waals surface area contributed by atoms with Crippen LogP contribution in [0.2, 0.25) is 0 Å². The van der Waals surface area contributed by atoms with Crippen molar-refractivity contribution in [2.24, 2.45) is 4.99 Å². The summed E-state index contributed by atoms with van der Waals surface area (Å²) >= 11 is 0. The third-order valence-electron chi connectivity index (χ3n) is 3.12. The zero-order valence-electron chi connectivity index (χ0n) is 13.3. The van der Waals surface area contributed by atoms with E-state index in [1.165, 1.54) is 5.56 Å². The number of rotatable bonds is 9. The van der Waals surface area contributed by atoms with Gasteiger partial charge < -0.3 is 10.6 Å². The summed E-state index contributed by atoms with van der Waals surface area (Å²) in [7, 11) is -1.37. The van der Waals surface area contributed by atoms with E-state index in [4.69, 9.17) is 0 Å². The molecule has 0 aromatic heterocycles. The molecule has 0 aliphatic rings. The molecule has 0 aliphatic carbocycles. The van der Waals surface area contributed by atoms with Gasteiger partial charge in [0.15, 0.2) is 5.96 Å². The van der Waals surface area contributed by atoms with E-state index in [9.17, 15) is 8.42 Å². The second-order valence-electron chi connectivity index (χ2n) is 4.81. The quantitative estimate of drug-likeness (QED) is 0.355. The van der Waals surface area contributed by atoms with Crippen molar-refractivity contribution in [3.05, 3.63) is 35.9 Å². The van der Waals surface area contributed by atoms with Gasteiger partial charge in [0.25, 0.3) is 0 Å². The van der Waals surface area contributed by atoms with Crippen LogP contribution >= 0.6 is 0 Å². The van der Waals surface area contributed by atoms with Crippen LogP contribution in [0, 0.1) is 0 Å². The Labute approximate surface area is 133 Å². The third-order valence-corrected chi connectivity index (χ3v) is 4.52. The van der Waals surface area contributed by atoms with Gasteiger partial charge in [0.2, 0.25) is 10.0 Å². The molecule has 0 fully saturated rings. The van der Waals surface area contributed by atoms with Crippen LogP contribution in [0.4, 0.5) is 0 Å². The van der Waals surface area contributed by atoms with Crippen molar-refractivity contribution in [3.63, 3.8) is 0 Å². The summed E-state index contributed by atoms with van der Waals surface area (Å²) in [6.45, 7) is 3.52. The van der Waals surface area contributed by atoms with Gasteiger partial charge in [-0.2, -0.15) is 0 Å². The van der Waals surface area contributed by atoms with Crippen molar-refractivity contribution in [1.82, 2.24) is 15.4 Å². The van der Waals surface area contributed by atoms with Gasteiger partial charge in [0.05, 0.1) is 5.75 Å². The zero-order chi connectivity index (χ0) is 16.3. The maximum absolute atomic E-state index is 11.3. The highest BCUT2D eigenvalue weighted by molar-refractivity contribution is 7.89. The van der Waals surface area contributed by atoms with Crippen molar-refractivity contribution < 1.29 is 8.42 Å². The first-order valence-corrected chi connectivity index (χ1v) is 9.18. The van der Waals surface area contributed by atoms with Crippen LogP contribution in [0.1, 0.15) is 18.9 Å². The van der Waals surface area contributed by atoms with Crippen LogP contribution in [0.25, 0.3) is 0 Å². The average molecular weight is 326 g/mol. The standard InChI is InChI=1S/C15H26N4O2S/c1-3-22(20,21)19-12-7-11-17-15(16-2)18-13-10-14-8-5-4-6-9-14/h4-6,8-9,19H,3,7,10-13H2,1-2H3,(H2,16,17,18). The number of aliphatic imine (C=N–C) groups is 1. The van der Waals surface area contributed by atoms with Crippen molar-refractivity contribution in [2.75, 3.05) is 32.4 Å². The second-order valence-corrected chi connectivity index (χ2v) is 6.91. The van der Waals surface area contributed by atoms with Gasteiger partial charge in [-0.15, -0.1) is 0 Å². The van der Waals surface area contributed by atoms with Gasteiger partial charge in [0, 0.05) is 26.7 Å². The molecule has 0 saturated heterocycles. The fourth-order valence-electron chi connectivity index (χ4n) is 1.82. The molecule has 0 heterocycles. The Hall–Kier alpha value is -1.60. The lowest BCUT2D eigenvalue weighted by molar-refractivity contribution is 0.579. The first-order valence-electron chi connectivity index (χ1n) is 7.53. The second kappa shape index (κ2) is 10.2. The largest absolute Gasteiger partial charge is 0.356 e. The molecule has 1 rings (SSSR count). The lowest BCUT2D eigenvalue weighted by Gasteiger charge is -2.12. The SMILES string of the molecule is CCS(=O)(=O)NCCCNC(=NC)NCCc1ccccc1. The van der Waals surface area contributed by atoms with Crippen LogP contribution in [-0.2, 0) is 16.4 Å². The van der Waals surface area contributed by atoms with E-state index in [1.807, 2.05) is 18.2 Å². The summed E-state index contributed by atoms with van der Waals surface area (Å²) < 4.78 is 25.1. The normalized spacial score (nSPS) is 12.2. The van der Waals surface area contributed by atoms with Crippen molar-refractivity contribution in [1.29, 1.82) is 0 Å². The third kappa shape index (κ3) is 7.99. The molecule has 0 atom stereocenters. The molecule has 0 unspecified atom stereocenters. The Bertz CT molecular complexity index is 544. The minimum absolute atomic E-state index is 0.114. The Morgan fingerprint density at radius 1 is 1.09 bits per heavy atom. The van der Waals surface area contributed by atoms with Gasteiger partial charge in [-0.1, -0.05) is 30.3 Å². The van der Waals surface area contributed by atoms with Crippen LogP contribution in [0.3, 0.4) is 0 Å². The number of hydrogen-bond donors (Lipinski definition) is 3. The monoisotopic (exact) mass is 326 g/mol. The van der Waals surface area contributed by atoms with Gasteiger partial charge in [-0.25, -0.2) is 13.1 Å². The molecule has 1 aromatic rings. The smallest absolute Gasteiger partial charge is 0.211 e. The van der Waals surface area contributed by atoms with Gasteiger partial charge in [-0.05, 0) is 25.3 Å². The summed E-state index contributed by atoms with van der Waals surface area (Å²) in [5.41, 5.74) is 1.28. The first-order chi connectivity index (χ1) is 10.6. The molecule has 22 heavy (non-hydrogen) atoms. The predicted octanol–water partition coefficient (Wildman–Crippen LogP) is 0.724. The Kier molecular flexibility index (Phi) is 8.54. The maximum Gasteiger partial charge on any atom is 0.211 e. The van der Waals surface area contributed by atoms with E-state index in [2.05, 4.69) is 32.5 Å². The Morgan fingerprint density at radius 2 is 1.77 bits per heavy atom. The molecule has 0 bridgehead atoms. The van der Waals surface area contributed by atoms with Gasteiger partial charge in [-0.3, -0.25) is 4.99 Å². The van der Waals surface area contributed by atoms with Gasteiger partial charge >= 0.3 is 0 Å². The molecule has 0 saturated carbocycles. The van der Waals surface area contributed by atoms with Crippen molar-refractivity contribution >= 4 is 16.0 Å². The zero-order valence-corrected chi connectivity index (χ0v) is 14.1. The molecule has 7 heteroatoms. The lowest BCUT2D eigenvalue weighted by atomic mass is 10.1. The van der Waals surface area contributed by atoms with Crippen LogP contribution in [0.15, 0.2) is 35.3 Å². The van der Waals surface area contributed by atoms with Crippen LogP contribution in [0.5, 0.6) is 0 Å². The number of hydrogen-bond acceptors (Lipinski definition) is 3. The van der Waals surface area contributed by atoms with Crippen molar-refractivity contribution in [3.8, 4) is 0 Å². The topological polar surface area (TPSA) is 82.6 Å². The van der Waals surface area contributed by atoms with E-state index in [1.54, 1.807) is 14.0 Å². The predicted molar refractivity (Wildman–Crippen MR) is 91.6 cm³/mol. The molecule has 1 aromatic carbocycles. The minimum atomic E-state index is -3.09.